The number of hydrogen-bond donors (Lipinski definition) is 0. The number of alkyl halides is 3. The minimum Gasteiger partial charge on any atom is -0.448 e. The molecule has 5 heterocycles. The normalized spacial score (nSPS) is 31.1. The molecule has 1 aliphatic carbocycles. The number of likely N-dealkylation sites (tertiary alicyclic amines) is 2. The van der Waals surface area contributed by atoms with Crippen molar-refractivity contribution in [2.24, 2.45) is 23.2 Å². The molecule has 2 amide bonds. The van der Waals surface area contributed by atoms with Crippen LogP contribution in [-0.4, -0.2) is 104 Å². The van der Waals surface area contributed by atoms with Gasteiger partial charge in [0.1, 0.15) is 6.61 Å². The van der Waals surface area contributed by atoms with E-state index in [-0.39, 0.29) is 43.0 Å². The first kappa shape index (κ1) is 31.5. The first-order valence-corrected chi connectivity index (χ1v) is 16.3. The number of carbonyl (C=O) groups is 2. The molecule has 2 unspecified atom stereocenters. The highest BCUT2D eigenvalue weighted by atomic mass is 19.4. The van der Waals surface area contributed by atoms with E-state index in [1.54, 1.807) is 16.9 Å². The summed E-state index contributed by atoms with van der Waals surface area (Å²) in [4.78, 5) is 37.5. The maximum Gasteiger partial charge on any atom is 0.417 e. The fraction of sp³-hybridized carbons (Fsp3) is 0.781. The van der Waals surface area contributed by atoms with E-state index in [1.807, 2.05) is 0 Å². The summed E-state index contributed by atoms with van der Waals surface area (Å²) < 4.78 is 57.4. The second-order valence-corrected chi connectivity index (χ2v) is 13.5. The SMILES string of the molecule is COC1COCCC1C[C@@H]1C[C@H]2CN(C(=O)OCCN3CCCCC3)C[C@@]2(C(=O)N2CCc3ncc(C(F)(F)F)cc3C2)C1. The number of rotatable bonds is 7. The molecule has 0 aromatic carbocycles. The van der Waals surface area contributed by atoms with Gasteiger partial charge in [-0.1, -0.05) is 6.42 Å². The van der Waals surface area contributed by atoms with E-state index in [2.05, 4.69) is 9.88 Å². The predicted octanol–water partition coefficient (Wildman–Crippen LogP) is 4.38. The molecule has 1 aromatic rings. The molecule has 1 saturated carbocycles. The number of methoxy groups -OCH3 is 1. The van der Waals surface area contributed by atoms with Gasteiger partial charge in [-0.05, 0) is 81.0 Å². The van der Waals surface area contributed by atoms with Gasteiger partial charge in [-0.25, -0.2) is 4.79 Å². The van der Waals surface area contributed by atoms with Crippen molar-refractivity contribution >= 4 is 12.0 Å². The van der Waals surface area contributed by atoms with E-state index in [0.29, 0.717) is 69.5 Å². The number of hydrogen-bond acceptors (Lipinski definition) is 7. The molecule has 5 aliphatic rings. The molecule has 5 atom stereocenters. The topological polar surface area (TPSA) is 84.4 Å². The van der Waals surface area contributed by atoms with Crippen molar-refractivity contribution < 1.29 is 37.0 Å². The maximum absolute atomic E-state index is 14.5. The highest BCUT2D eigenvalue weighted by Crippen LogP contribution is 2.54. The summed E-state index contributed by atoms with van der Waals surface area (Å²) in [6.45, 7) is 5.58. The van der Waals surface area contributed by atoms with E-state index in [9.17, 15) is 22.8 Å². The number of piperidine rings is 1. The Morgan fingerprint density at radius 3 is 2.75 bits per heavy atom. The van der Waals surface area contributed by atoms with Crippen LogP contribution >= 0.6 is 0 Å². The van der Waals surface area contributed by atoms with Crippen molar-refractivity contribution in [3.8, 4) is 0 Å². The van der Waals surface area contributed by atoms with Crippen LogP contribution in [0.5, 0.6) is 0 Å². The Balaban J connectivity index is 1.17. The number of aromatic nitrogens is 1. The monoisotopic (exact) mass is 622 g/mol. The van der Waals surface area contributed by atoms with E-state index in [1.165, 1.54) is 19.3 Å². The number of amides is 2. The summed E-state index contributed by atoms with van der Waals surface area (Å²) >= 11 is 0. The summed E-state index contributed by atoms with van der Waals surface area (Å²) in [7, 11) is 1.71. The Hall–Kier alpha value is -2.44. The lowest BCUT2D eigenvalue weighted by atomic mass is 9.78. The number of ether oxygens (including phenoxy) is 3. The van der Waals surface area contributed by atoms with Crippen molar-refractivity contribution in [3.63, 3.8) is 0 Å². The van der Waals surface area contributed by atoms with Gasteiger partial charge in [0, 0.05) is 64.8 Å². The fourth-order valence-corrected chi connectivity index (χ4v) is 8.48. The van der Waals surface area contributed by atoms with E-state index in [0.717, 1.165) is 44.6 Å². The van der Waals surface area contributed by atoms with Crippen molar-refractivity contribution in [2.45, 2.75) is 70.2 Å². The van der Waals surface area contributed by atoms with Crippen molar-refractivity contribution in [1.29, 1.82) is 0 Å². The highest BCUT2D eigenvalue weighted by molar-refractivity contribution is 5.85. The lowest BCUT2D eigenvalue weighted by molar-refractivity contribution is -0.144. The molecule has 0 bridgehead atoms. The van der Waals surface area contributed by atoms with Gasteiger partial charge in [0.2, 0.25) is 5.91 Å². The van der Waals surface area contributed by atoms with Gasteiger partial charge >= 0.3 is 12.3 Å². The Kier molecular flexibility index (Phi) is 9.40. The second-order valence-electron chi connectivity index (χ2n) is 13.5. The average Bonchev–Trinajstić information content (AvgIpc) is 3.55. The molecule has 6 rings (SSSR count). The largest absolute Gasteiger partial charge is 0.448 e. The number of fused-ring (bicyclic) bond motifs is 2. The summed E-state index contributed by atoms with van der Waals surface area (Å²) in [5, 5.41) is 0. The van der Waals surface area contributed by atoms with Crippen LogP contribution in [0.1, 0.15) is 61.8 Å². The fourth-order valence-electron chi connectivity index (χ4n) is 8.48. The van der Waals surface area contributed by atoms with Gasteiger partial charge < -0.3 is 24.0 Å². The number of pyridine rings is 1. The molecule has 244 valence electrons. The maximum atomic E-state index is 14.5. The summed E-state index contributed by atoms with van der Waals surface area (Å²) in [5.74, 6) is 0.537. The van der Waals surface area contributed by atoms with Crippen molar-refractivity contribution in [3.05, 3.63) is 29.1 Å². The van der Waals surface area contributed by atoms with Gasteiger partial charge in [-0.2, -0.15) is 13.2 Å². The lowest BCUT2D eigenvalue weighted by Gasteiger charge is -2.37. The van der Waals surface area contributed by atoms with Gasteiger partial charge in [0.05, 0.1) is 23.7 Å². The molecule has 1 aromatic heterocycles. The predicted molar refractivity (Wildman–Crippen MR) is 155 cm³/mol. The lowest BCUT2D eigenvalue weighted by Crippen LogP contribution is -2.49. The number of nitrogens with zero attached hydrogens (tertiary/aromatic N) is 4. The molecule has 4 fully saturated rings. The minimum absolute atomic E-state index is 0.0242. The van der Waals surface area contributed by atoms with Crippen LogP contribution in [-0.2, 0) is 38.1 Å². The number of carbonyl (C=O) groups excluding carboxylic acids is 2. The Morgan fingerprint density at radius 2 is 1.98 bits per heavy atom. The van der Waals surface area contributed by atoms with Gasteiger partial charge in [0.15, 0.2) is 0 Å². The summed E-state index contributed by atoms with van der Waals surface area (Å²) in [6, 6.07) is 1.13. The first-order valence-electron chi connectivity index (χ1n) is 16.3. The van der Waals surface area contributed by atoms with Gasteiger partial charge in [-0.15, -0.1) is 0 Å². The zero-order valence-electron chi connectivity index (χ0n) is 25.7. The molecule has 3 saturated heterocycles. The molecule has 9 nitrogen and oxygen atoms in total. The average molecular weight is 623 g/mol. The van der Waals surface area contributed by atoms with Crippen molar-refractivity contribution in [1.82, 2.24) is 19.7 Å². The third kappa shape index (κ3) is 6.58. The van der Waals surface area contributed by atoms with Crippen LogP contribution in [0, 0.1) is 23.2 Å². The molecule has 12 heteroatoms. The molecule has 0 spiro atoms. The van der Waals surface area contributed by atoms with Gasteiger partial charge in [-0.3, -0.25) is 14.7 Å². The van der Waals surface area contributed by atoms with Crippen LogP contribution in [0.25, 0.3) is 0 Å². The Labute approximate surface area is 257 Å². The number of halogens is 3. The van der Waals surface area contributed by atoms with Crippen LogP contribution in [0.4, 0.5) is 18.0 Å². The Morgan fingerprint density at radius 1 is 1.16 bits per heavy atom. The smallest absolute Gasteiger partial charge is 0.417 e. The van der Waals surface area contributed by atoms with Gasteiger partial charge in [0.25, 0.3) is 0 Å². The van der Waals surface area contributed by atoms with E-state index >= 15 is 0 Å². The molecular weight excluding hydrogens is 577 g/mol. The first-order chi connectivity index (χ1) is 21.2. The molecule has 0 radical (unpaired) electrons. The standard InChI is InChI=1S/C32H45F3N4O5/c1-42-28-20-43-11-6-23(28)13-22-14-26-19-39(30(41)44-12-10-37-7-3-2-4-8-37)21-31(26,16-22)29(40)38-9-5-27-24(18-38)15-25(17-36-27)32(33,34)35/h15,17,22-23,26,28H,2-14,16,18-21H2,1H3/t22-,23?,26+,28?,31+/m1/s1. The van der Waals surface area contributed by atoms with E-state index < -0.39 is 17.2 Å². The van der Waals surface area contributed by atoms with E-state index in [4.69, 9.17) is 14.2 Å². The molecule has 4 aliphatic heterocycles. The minimum atomic E-state index is -4.50. The third-order valence-electron chi connectivity index (χ3n) is 10.8. The quantitative estimate of drug-likeness (QED) is 0.447. The zero-order valence-corrected chi connectivity index (χ0v) is 25.7. The molecule has 44 heavy (non-hydrogen) atoms. The highest BCUT2D eigenvalue weighted by Gasteiger charge is 2.60. The Bertz CT molecular complexity index is 1190. The molecule has 0 N–H and O–H groups in total. The van der Waals surface area contributed by atoms with Crippen LogP contribution in [0.3, 0.4) is 0 Å². The zero-order chi connectivity index (χ0) is 30.9. The van der Waals surface area contributed by atoms with Crippen LogP contribution < -0.4 is 0 Å². The molecular formula is C32H45F3N4O5. The van der Waals surface area contributed by atoms with Crippen molar-refractivity contribution in [2.75, 3.05) is 66.2 Å². The summed E-state index contributed by atoms with van der Waals surface area (Å²) in [5.41, 5.74) is -0.530. The third-order valence-corrected chi connectivity index (χ3v) is 10.8. The van der Waals surface area contributed by atoms with Crippen LogP contribution in [0.15, 0.2) is 12.3 Å². The second kappa shape index (κ2) is 13.1. The van der Waals surface area contributed by atoms with Crippen LogP contribution in [0.2, 0.25) is 0 Å². The summed E-state index contributed by atoms with van der Waals surface area (Å²) in [6.07, 6.45) is 3.31.